The first-order valence-electron chi connectivity index (χ1n) is 18.9. The molecule has 0 fully saturated rings. The lowest BCUT2D eigenvalue weighted by Gasteiger charge is -2.29. The van der Waals surface area contributed by atoms with Crippen LogP contribution >= 0.6 is 0 Å². The molecule has 0 spiro atoms. The number of anilines is 3. The van der Waals surface area contributed by atoms with Gasteiger partial charge in [-0.05, 0) is 119 Å². The minimum atomic E-state index is -0.0873. The van der Waals surface area contributed by atoms with Crippen LogP contribution in [0.25, 0.3) is 77.2 Å². The van der Waals surface area contributed by atoms with E-state index in [9.17, 15) is 0 Å². The maximum atomic E-state index is 2.46. The molecular weight excluding hydrogens is 651 g/mol. The molecule has 0 aliphatic heterocycles. The average molecular weight is 688 g/mol. The summed E-state index contributed by atoms with van der Waals surface area (Å²) in [5.74, 6) is 0. The lowest BCUT2D eigenvalue weighted by molar-refractivity contribution is 0.660. The highest BCUT2D eigenvalue weighted by molar-refractivity contribution is 6.19. The third kappa shape index (κ3) is 4.52. The predicted molar refractivity (Wildman–Crippen MR) is 229 cm³/mol. The first-order chi connectivity index (χ1) is 26.5. The molecule has 0 amide bonds. The molecule has 9 aromatic carbocycles. The second kappa shape index (κ2) is 11.7. The number of nitrogens with zero attached hydrogens (tertiary/aromatic N) is 1. The zero-order valence-electron chi connectivity index (χ0n) is 30.3. The highest BCUT2D eigenvalue weighted by Gasteiger charge is 2.37. The minimum Gasteiger partial charge on any atom is -0.310 e. The molecule has 0 unspecified atom stereocenters. The molecule has 1 heteroatoms. The standard InChI is InChI=1S/C53H37N/c1-53(2)48-19-9-8-16-47(48)52-49(53)20-11-21-50(52)54(39-27-24-35(25-28-39)34-12-4-3-5-13-34)40-29-26-36-32-38(23-22-37(36)33-40)41-30-31-46-43-15-7-6-14-42(43)45-18-10-17-44(41)51(45)46/h3-33H,1-2H3. The molecule has 2 aliphatic carbocycles. The molecule has 9 aromatic rings. The van der Waals surface area contributed by atoms with E-state index in [-0.39, 0.29) is 5.41 Å². The second-order valence-electron chi connectivity index (χ2n) is 15.3. The Hall–Kier alpha value is -6.70. The van der Waals surface area contributed by atoms with Crippen molar-refractivity contribution in [3.8, 4) is 55.6 Å². The lowest BCUT2D eigenvalue weighted by atomic mass is 9.82. The van der Waals surface area contributed by atoms with Crippen molar-refractivity contribution in [3.63, 3.8) is 0 Å². The van der Waals surface area contributed by atoms with Gasteiger partial charge >= 0.3 is 0 Å². The fourth-order valence-corrected chi connectivity index (χ4v) is 9.38. The minimum absolute atomic E-state index is 0.0873. The van der Waals surface area contributed by atoms with Gasteiger partial charge in [-0.25, -0.2) is 0 Å². The highest BCUT2D eigenvalue weighted by atomic mass is 15.1. The van der Waals surface area contributed by atoms with Gasteiger partial charge in [0.25, 0.3) is 0 Å². The Morgan fingerprint density at radius 1 is 0.370 bits per heavy atom. The van der Waals surface area contributed by atoms with Crippen LogP contribution in [0.1, 0.15) is 25.0 Å². The molecule has 0 aromatic heterocycles. The molecule has 0 heterocycles. The second-order valence-corrected chi connectivity index (χ2v) is 15.3. The van der Waals surface area contributed by atoms with Gasteiger partial charge < -0.3 is 4.90 Å². The van der Waals surface area contributed by atoms with Crippen LogP contribution in [0.15, 0.2) is 188 Å². The van der Waals surface area contributed by atoms with Gasteiger partial charge in [0.2, 0.25) is 0 Å². The Morgan fingerprint density at radius 2 is 0.944 bits per heavy atom. The molecular formula is C53H37N. The van der Waals surface area contributed by atoms with Crippen molar-refractivity contribution in [2.75, 3.05) is 4.90 Å². The maximum absolute atomic E-state index is 2.46. The molecule has 11 rings (SSSR count). The molecule has 0 atom stereocenters. The molecule has 0 bridgehead atoms. The zero-order valence-corrected chi connectivity index (χ0v) is 30.3. The van der Waals surface area contributed by atoms with Crippen molar-refractivity contribution in [3.05, 3.63) is 199 Å². The fourth-order valence-electron chi connectivity index (χ4n) is 9.38. The van der Waals surface area contributed by atoms with E-state index in [0.717, 1.165) is 11.4 Å². The number of hydrogen-bond donors (Lipinski definition) is 0. The van der Waals surface area contributed by atoms with Crippen molar-refractivity contribution in [2.24, 2.45) is 0 Å². The van der Waals surface area contributed by atoms with Crippen molar-refractivity contribution < 1.29 is 0 Å². The van der Waals surface area contributed by atoms with Gasteiger partial charge in [0.05, 0.1) is 5.69 Å². The van der Waals surface area contributed by atoms with Crippen molar-refractivity contribution >= 4 is 38.6 Å². The summed E-state index contributed by atoms with van der Waals surface area (Å²) in [5, 5.41) is 5.12. The van der Waals surface area contributed by atoms with Gasteiger partial charge in [0.1, 0.15) is 0 Å². The first kappa shape index (κ1) is 30.9. The van der Waals surface area contributed by atoms with Crippen LogP contribution in [0, 0.1) is 0 Å². The van der Waals surface area contributed by atoms with Crippen LogP contribution < -0.4 is 4.90 Å². The van der Waals surface area contributed by atoms with E-state index in [2.05, 4.69) is 207 Å². The molecule has 0 saturated carbocycles. The van der Waals surface area contributed by atoms with Crippen LogP contribution in [-0.4, -0.2) is 0 Å². The van der Waals surface area contributed by atoms with Gasteiger partial charge in [-0.15, -0.1) is 0 Å². The summed E-state index contributed by atoms with van der Waals surface area (Å²) in [6.07, 6.45) is 0. The molecule has 0 N–H and O–H groups in total. The van der Waals surface area contributed by atoms with Crippen LogP contribution in [0.5, 0.6) is 0 Å². The van der Waals surface area contributed by atoms with Crippen molar-refractivity contribution in [1.29, 1.82) is 0 Å². The van der Waals surface area contributed by atoms with Crippen molar-refractivity contribution in [1.82, 2.24) is 0 Å². The van der Waals surface area contributed by atoms with Crippen LogP contribution in [0.2, 0.25) is 0 Å². The van der Waals surface area contributed by atoms with E-state index < -0.39 is 0 Å². The maximum Gasteiger partial charge on any atom is 0.0543 e. The molecule has 54 heavy (non-hydrogen) atoms. The third-order valence-corrected chi connectivity index (χ3v) is 12.0. The largest absolute Gasteiger partial charge is 0.310 e. The van der Waals surface area contributed by atoms with Crippen LogP contribution in [0.3, 0.4) is 0 Å². The van der Waals surface area contributed by atoms with Gasteiger partial charge in [0, 0.05) is 22.4 Å². The molecule has 2 aliphatic rings. The van der Waals surface area contributed by atoms with E-state index in [4.69, 9.17) is 0 Å². The van der Waals surface area contributed by atoms with Crippen LogP contribution in [0.4, 0.5) is 17.1 Å². The lowest BCUT2D eigenvalue weighted by Crippen LogP contribution is -2.16. The van der Waals surface area contributed by atoms with Gasteiger partial charge in [-0.1, -0.05) is 166 Å². The number of hydrogen-bond acceptors (Lipinski definition) is 1. The Labute approximate surface area is 316 Å². The first-order valence-corrected chi connectivity index (χ1v) is 18.9. The Balaban J connectivity index is 1.06. The summed E-state index contributed by atoms with van der Waals surface area (Å²) in [6, 6.07) is 69.6. The van der Waals surface area contributed by atoms with Gasteiger partial charge in [-0.2, -0.15) is 0 Å². The summed E-state index contributed by atoms with van der Waals surface area (Å²) in [5.41, 5.74) is 19.0. The average Bonchev–Trinajstić information content (AvgIpc) is 3.68. The van der Waals surface area contributed by atoms with Crippen molar-refractivity contribution in [2.45, 2.75) is 19.3 Å². The van der Waals surface area contributed by atoms with Gasteiger partial charge in [0.15, 0.2) is 0 Å². The Bertz CT molecular complexity index is 2920. The third-order valence-electron chi connectivity index (χ3n) is 12.0. The number of rotatable bonds is 5. The van der Waals surface area contributed by atoms with E-state index in [0.29, 0.717) is 0 Å². The zero-order chi connectivity index (χ0) is 36.0. The van der Waals surface area contributed by atoms with E-state index >= 15 is 0 Å². The summed E-state index contributed by atoms with van der Waals surface area (Å²) >= 11 is 0. The molecule has 254 valence electrons. The van der Waals surface area contributed by atoms with Gasteiger partial charge in [-0.3, -0.25) is 0 Å². The summed E-state index contributed by atoms with van der Waals surface area (Å²) in [4.78, 5) is 2.46. The highest BCUT2D eigenvalue weighted by Crippen LogP contribution is 2.54. The smallest absolute Gasteiger partial charge is 0.0543 e. The predicted octanol–water partition coefficient (Wildman–Crippen LogP) is 14.8. The fraction of sp³-hybridized carbons (Fsp3) is 0.0566. The number of benzene rings is 9. The monoisotopic (exact) mass is 687 g/mol. The summed E-state index contributed by atoms with van der Waals surface area (Å²) in [6.45, 7) is 4.71. The Kier molecular flexibility index (Phi) is 6.66. The normalized spacial score (nSPS) is 13.1. The summed E-state index contributed by atoms with van der Waals surface area (Å²) in [7, 11) is 0. The van der Waals surface area contributed by atoms with Crippen LogP contribution in [-0.2, 0) is 5.41 Å². The van der Waals surface area contributed by atoms with E-state index in [1.54, 1.807) is 0 Å². The van der Waals surface area contributed by atoms with E-state index in [1.807, 2.05) is 0 Å². The Morgan fingerprint density at radius 3 is 1.76 bits per heavy atom. The molecule has 0 saturated heterocycles. The van der Waals surface area contributed by atoms with E-state index in [1.165, 1.54) is 94.0 Å². The summed E-state index contributed by atoms with van der Waals surface area (Å²) < 4.78 is 0. The topological polar surface area (TPSA) is 3.24 Å². The quantitative estimate of drug-likeness (QED) is 0.174. The SMILES string of the molecule is CC1(C)c2ccccc2-c2c(N(c3ccc(-c4ccccc4)cc3)c3ccc4cc(-c5ccc6c7c(cccc57)-c5ccccc5-6)ccc4c3)cccc21. The molecule has 0 radical (unpaired) electrons. The molecule has 1 nitrogen and oxygen atoms in total. The number of fused-ring (bicyclic) bond motifs is 7.